The van der Waals surface area contributed by atoms with Gasteiger partial charge < -0.3 is 5.32 Å². The van der Waals surface area contributed by atoms with Gasteiger partial charge in [-0.2, -0.15) is 0 Å². The van der Waals surface area contributed by atoms with E-state index in [1.807, 2.05) is 23.6 Å². The second kappa shape index (κ2) is 7.12. The molecule has 1 atom stereocenters. The second-order valence-corrected chi connectivity index (χ2v) is 8.70. The van der Waals surface area contributed by atoms with Crippen LogP contribution in [-0.2, 0) is 6.42 Å². The van der Waals surface area contributed by atoms with E-state index in [2.05, 4.69) is 55.6 Å². The van der Waals surface area contributed by atoms with E-state index in [-0.39, 0.29) is 11.9 Å². The summed E-state index contributed by atoms with van der Waals surface area (Å²) in [4.78, 5) is 19.3. The summed E-state index contributed by atoms with van der Waals surface area (Å²) in [5.41, 5.74) is 7.36. The number of carbonyl (C=O) groups is 1. The first kappa shape index (κ1) is 18.1. The smallest absolute Gasteiger partial charge is 0.252 e. The highest BCUT2D eigenvalue weighted by atomic mass is 32.1. The van der Waals surface area contributed by atoms with Gasteiger partial charge in [0.05, 0.1) is 27.7 Å². The molecule has 0 saturated heterocycles. The van der Waals surface area contributed by atoms with Crippen molar-refractivity contribution in [1.29, 1.82) is 0 Å². The fraction of sp³-hybridized carbons (Fsp3) is 0.200. The van der Waals surface area contributed by atoms with E-state index in [0.29, 0.717) is 5.56 Å². The van der Waals surface area contributed by atoms with Crippen LogP contribution >= 0.6 is 11.3 Å². The van der Waals surface area contributed by atoms with Crippen LogP contribution in [0.2, 0.25) is 0 Å². The number of aryl methyl sites for hydroxylation is 3. The number of benzene rings is 2. The highest BCUT2D eigenvalue weighted by molar-refractivity contribution is 7.13. The van der Waals surface area contributed by atoms with Crippen LogP contribution in [0.25, 0.3) is 21.5 Å². The molecule has 0 radical (unpaired) electrons. The Hall–Kier alpha value is -2.98. The van der Waals surface area contributed by atoms with E-state index in [1.54, 1.807) is 11.3 Å². The molecule has 2 aromatic carbocycles. The molecule has 0 saturated carbocycles. The summed E-state index contributed by atoms with van der Waals surface area (Å²) in [5, 5.41) is 6.24. The van der Waals surface area contributed by atoms with Gasteiger partial charge in [0.25, 0.3) is 5.91 Å². The molecule has 5 rings (SSSR count). The monoisotopic (exact) mass is 398 g/mol. The Bertz CT molecular complexity index is 1230. The molecule has 1 aliphatic carbocycles. The molecule has 2 aromatic heterocycles. The maximum atomic E-state index is 13.4. The predicted molar refractivity (Wildman–Crippen MR) is 120 cm³/mol. The lowest BCUT2D eigenvalue weighted by Crippen LogP contribution is -2.27. The zero-order chi connectivity index (χ0) is 20.0. The molecule has 0 spiro atoms. The molecular formula is C25H22N2OS. The summed E-state index contributed by atoms with van der Waals surface area (Å²) >= 11 is 1.64. The van der Waals surface area contributed by atoms with E-state index in [9.17, 15) is 4.79 Å². The molecule has 0 aliphatic heterocycles. The number of aromatic nitrogens is 1. The zero-order valence-electron chi connectivity index (χ0n) is 16.5. The Morgan fingerprint density at radius 2 is 1.90 bits per heavy atom. The lowest BCUT2D eigenvalue weighted by Gasteiger charge is -2.16. The van der Waals surface area contributed by atoms with E-state index in [1.165, 1.54) is 22.3 Å². The molecule has 29 heavy (non-hydrogen) atoms. The number of hydrogen-bond acceptors (Lipinski definition) is 3. The highest BCUT2D eigenvalue weighted by Gasteiger charge is 2.25. The third-order valence-corrected chi connectivity index (χ3v) is 6.77. The van der Waals surface area contributed by atoms with Crippen molar-refractivity contribution >= 4 is 28.1 Å². The summed E-state index contributed by atoms with van der Waals surface area (Å²) in [5.74, 6) is -0.0276. The molecule has 2 heterocycles. The SMILES string of the molecule is Cc1cc2nc(-c3cccs3)cc(C(=O)NC3CCc4ccccc43)c2cc1C. The standard InChI is InChI=1S/C25H22N2OS/c1-15-12-19-20(25(28)27-21-10-9-17-6-3-4-7-18(17)21)14-23(24-8-5-11-29-24)26-22(19)13-16(15)2/h3-8,11-14,21H,9-10H2,1-2H3,(H,27,28). The van der Waals surface area contributed by atoms with Crippen LogP contribution in [0.15, 0.2) is 60.0 Å². The maximum absolute atomic E-state index is 13.4. The molecule has 0 bridgehead atoms. The summed E-state index contributed by atoms with van der Waals surface area (Å²) in [7, 11) is 0. The van der Waals surface area contributed by atoms with Gasteiger partial charge in [-0.05, 0) is 78.6 Å². The highest BCUT2D eigenvalue weighted by Crippen LogP contribution is 2.33. The number of nitrogens with zero attached hydrogens (tertiary/aromatic N) is 1. The van der Waals surface area contributed by atoms with Gasteiger partial charge >= 0.3 is 0 Å². The van der Waals surface area contributed by atoms with Crippen LogP contribution in [0.4, 0.5) is 0 Å². The van der Waals surface area contributed by atoms with Crippen LogP contribution in [-0.4, -0.2) is 10.9 Å². The van der Waals surface area contributed by atoms with Gasteiger partial charge in [-0.1, -0.05) is 30.3 Å². The topological polar surface area (TPSA) is 42.0 Å². The molecule has 3 nitrogen and oxygen atoms in total. The van der Waals surface area contributed by atoms with Gasteiger partial charge in [0.2, 0.25) is 0 Å². The molecule has 1 unspecified atom stereocenters. The third kappa shape index (κ3) is 3.23. The first-order valence-corrected chi connectivity index (χ1v) is 10.8. The Balaban J connectivity index is 1.59. The summed E-state index contributed by atoms with van der Waals surface area (Å²) in [6, 6.07) is 18.7. The van der Waals surface area contributed by atoms with Crippen LogP contribution in [0, 0.1) is 13.8 Å². The van der Waals surface area contributed by atoms with Crippen LogP contribution in [0.3, 0.4) is 0 Å². The minimum absolute atomic E-state index is 0.0276. The maximum Gasteiger partial charge on any atom is 0.252 e. The normalized spacial score (nSPS) is 15.4. The molecule has 1 N–H and O–H groups in total. The van der Waals surface area contributed by atoms with Crippen LogP contribution in [0.1, 0.15) is 45.1 Å². The fourth-order valence-electron chi connectivity index (χ4n) is 4.17. The average molecular weight is 399 g/mol. The molecule has 0 fully saturated rings. The van der Waals surface area contributed by atoms with Gasteiger partial charge in [-0.25, -0.2) is 4.98 Å². The largest absolute Gasteiger partial charge is 0.345 e. The first-order valence-electron chi connectivity index (χ1n) is 9.95. The van der Waals surface area contributed by atoms with Gasteiger partial charge in [-0.3, -0.25) is 4.79 Å². The summed E-state index contributed by atoms with van der Waals surface area (Å²) in [6.07, 6.45) is 1.96. The van der Waals surface area contributed by atoms with Gasteiger partial charge in [0, 0.05) is 5.39 Å². The van der Waals surface area contributed by atoms with Crippen molar-refractivity contribution in [2.24, 2.45) is 0 Å². The quantitative estimate of drug-likeness (QED) is 0.460. The number of nitrogens with one attached hydrogen (secondary N) is 1. The van der Waals surface area contributed by atoms with E-state index in [0.717, 1.165) is 34.3 Å². The van der Waals surface area contributed by atoms with Crippen molar-refractivity contribution < 1.29 is 4.79 Å². The number of thiophene rings is 1. The number of fused-ring (bicyclic) bond motifs is 2. The number of hydrogen-bond donors (Lipinski definition) is 1. The number of rotatable bonds is 3. The van der Waals surface area contributed by atoms with Crippen molar-refractivity contribution in [3.05, 3.63) is 87.8 Å². The van der Waals surface area contributed by atoms with Crippen molar-refractivity contribution in [3.8, 4) is 10.6 Å². The van der Waals surface area contributed by atoms with Crippen molar-refractivity contribution in [2.45, 2.75) is 32.7 Å². The van der Waals surface area contributed by atoms with E-state index >= 15 is 0 Å². The van der Waals surface area contributed by atoms with Crippen molar-refractivity contribution in [1.82, 2.24) is 10.3 Å². The van der Waals surface area contributed by atoms with Crippen LogP contribution in [0.5, 0.6) is 0 Å². The van der Waals surface area contributed by atoms with Crippen molar-refractivity contribution in [2.75, 3.05) is 0 Å². The lowest BCUT2D eigenvalue weighted by atomic mass is 10.0. The average Bonchev–Trinajstić information content (AvgIpc) is 3.39. The predicted octanol–water partition coefficient (Wildman–Crippen LogP) is 6.00. The first-order chi connectivity index (χ1) is 14.1. The van der Waals surface area contributed by atoms with Crippen LogP contribution < -0.4 is 5.32 Å². The summed E-state index contributed by atoms with van der Waals surface area (Å²) in [6.45, 7) is 4.17. The van der Waals surface area contributed by atoms with Gasteiger partial charge in [0.15, 0.2) is 0 Å². The molecule has 144 valence electrons. The Kier molecular flexibility index (Phi) is 4.44. The molecule has 1 aliphatic rings. The minimum Gasteiger partial charge on any atom is -0.345 e. The molecule has 4 aromatic rings. The second-order valence-electron chi connectivity index (χ2n) is 7.75. The lowest BCUT2D eigenvalue weighted by molar-refractivity contribution is 0.0938. The van der Waals surface area contributed by atoms with Gasteiger partial charge in [-0.15, -0.1) is 11.3 Å². The molecule has 1 amide bonds. The Labute approximate surface area is 174 Å². The van der Waals surface area contributed by atoms with E-state index in [4.69, 9.17) is 4.98 Å². The number of amides is 1. The van der Waals surface area contributed by atoms with E-state index < -0.39 is 0 Å². The Morgan fingerprint density at radius 1 is 1.07 bits per heavy atom. The fourth-order valence-corrected chi connectivity index (χ4v) is 4.85. The number of pyridine rings is 1. The number of carbonyl (C=O) groups excluding carboxylic acids is 1. The van der Waals surface area contributed by atoms with Gasteiger partial charge in [0.1, 0.15) is 0 Å². The molecule has 4 heteroatoms. The summed E-state index contributed by atoms with van der Waals surface area (Å²) < 4.78 is 0. The van der Waals surface area contributed by atoms with Crippen molar-refractivity contribution in [3.63, 3.8) is 0 Å². The molecular weight excluding hydrogens is 376 g/mol. The third-order valence-electron chi connectivity index (χ3n) is 5.88. The Morgan fingerprint density at radius 3 is 2.72 bits per heavy atom. The minimum atomic E-state index is -0.0276. The zero-order valence-corrected chi connectivity index (χ0v) is 17.3.